The minimum atomic E-state index is -2.99. The third-order valence-electron chi connectivity index (χ3n) is 2.62. The number of hydrogen-bond acceptors (Lipinski definition) is 1. The first-order valence-electron chi connectivity index (χ1n) is 5.32. The molecule has 0 aromatic heterocycles. The number of halogens is 3. The number of ether oxygens (including phenoxy) is 1. The molecule has 0 aliphatic rings. The molecule has 18 heavy (non-hydrogen) atoms. The van der Waals surface area contributed by atoms with Gasteiger partial charge in [0.15, 0.2) is 0 Å². The van der Waals surface area contributed by atoms with Crippen LogP contribution in [0.4, 0.5) is 8.78 Å². The van der Waals surface area contributed by atoms with Crippen molar-refractivity contribution in [2.45, 2.75) is 4.83 Å². The van der Waals surface area contributed by atoms with Gasteiger partial charge < -0.3 is 4.74 Å². The molecule has 94 valence electrons. The lowest BCUT2D eigenvalue weighted by Gasteiger charge is -2.10. The molecule has 0 heterocycles. The zero-order valence-electron chi connectivity index (χ0n) is 9.66. The van der Waals surface area contributed by atoms with Crippen LogP contribution in [0.2, 0.25) is 0 Å². The monoisotopic (exact) mass is 312 g/mol. The summed E-state index contributed by atoms with van der Waals surface area (Å²) in [6, 6.07) is 13.6. The molecule has 2 aromatic rings. The molecule has 0 aliphatic heterocycles. The van der Waals surface area contributed by atoms with Crippen molar-refractivity contribution in [3.63, 3.8) is 0 Å². The second-order valence-electron chi connectivity index (χ2n) is 3.81. The number of hydrogen-bond donors (Lipinski definition) is 0. The van der Waals surface area contributed by atoms with Gasteiger partial charge in [-0.25, -0.2) is 0 Å². The number of methoxy groups -OCH3 is 1. The molecule has 0 aliphatic carbocycles. The van der Waals surface area contributed by atoms with E-state index in [4.69, 9.17) is 4.74 Å². The Balaban J connectivity index is 2.34. The van der Waals surface area contributed by atoms with Gasteiger partial charge in [-0.15, -0.1) is 0 Å². The van der Waals surface area contributed by atoms with Crippen LogP contribution in [-0.4, -0.2) is 7.11 Å². The molecular weight excluding hydrogens is 302 g/mol. The average molecular weight is 313 g/mol. The van der Waals surface area contributed by atoms with Crippen molar-refractivity contribution in [3.8, 4) is 16.9 Å². The normalized spacial score (nSPS) is 11.3. The van der Waals surface area contributed by atoms with Crippen molar-refractivity contribution < 1.29 is 13.5 Å². The maximum absolute atomic E-state index is 13.0. The molecule has 0 saturated carbocycles. The van der Waals surface area contributed by atoms with E-state index in [1.807, 2.05) is 24.3 Å². The van der Waals surface area contributed by atoms with Gasteiger partial charge >= 0.3 is 4.83 Å². The highest BCUT2D eigenvalue weighted by Crippen LogP contribution is 2.35. The summed E-state index contributed by atoms with van der Waals surface area (Å²) in [4.78, 5) is -2.99. The summed E-state index contributed by atoms with van der Waals surface area (Å²) in [6.45, 7) is 0. The number of alkyl halides is 3. The minimum absolute atomic E-state index is 0.0610. The van der Waals surface area contributed by atoms with E-state index in [0.717, 1.165) is 16.9 Å². The van der Waals surface area contributed by atoms with Gasteiger partial charge in [0, 0.05) is 5.56 Å². The zero-order chi connectivity index (χ0) is 13.2. The summed E-state index contributed by atoms with van der Waals surface area (Å²) in [6.07, 6.45) is 0. The Labute approximate surface area is 113 Å². The fourth-order valence-electron chi connectivity index (χ4n) is 1.65. The van der Waals surface area contributed by atoms with Crippen molar-refractivity contribution in [3.05, 3.63) is 54.1 Å². The van der Waals surface area contributed by atoms with Crippen LogP contribution in [0, 0.1) is 0 Å². The SMILES string of the molecule is COc1cccc(-c2ccc(C(F)(F)Br)cc2)c1. The Hall–Kier alpha value is -1.42. The van der Waals surface area contributed by atoms with Gasteiger partial charge in [0.05, 0.1) is 7.11 Å². The van der Waals surface area contributed by atoms with E-state index in [1.165, 1.54) is 12.1 Å². The molecule has 0 bridgehead atoms. The first-order chi connectivity index (χ1) is 8.50. The molecule has 0 fully saturated rings. The summed E-state index contributed by atoms with van der Waals surface area (Å²) >= 11 is 2.34. The molecule has 0 radical (unpaired) electrons. The van der Waals surface area contributed by atoms with Crippen molar-refractivity contribution in [1.82, 2.24) is 0 Å². The number of benzene rings is 2. The second-order valence-corrected chi connectivity index (χ2v) is 4.80. The van der Waals surface area contributed by atoms with Crippen LogP contribution < -0.4 is 4.74 Å². The lowest BCUT2D eigenvalue weighted by Crippen LogP contribution is -2.01. The standard InChI is InChI=1S/C14H11BrF2O/c1-18-13-4-2-3-11(9-13)10-5-7-12(8-6-10)14(15,16)17/h2-9H,1H3. The van der Waals surface area contributed by atoms with Gasteiger partial charge in [-0.1, -0.05) is 36.4 Å². The summed E-state index contributed by atoms with van der Waals surface area (Å²) in [5.74, 6) is 0.738. The topological polar surface area (TPSA) is 9.23 Å². The Morgan fingerprint density at radius 2 is 1.67 bits per heavy atom. The highest BCUT2D eigenvalue weighted by atomic mass is 79.9. The van der Waals surface area contributed by atoms with Crippen LogP contribution in [0.25, 0.3) is 11.1 Å². The fraction of sp³-hybridized carbons (Fsp3) is 0.143. The van der Waals surface area contributed by atoms with Gasteiger partial charge in [0.2, 0.25) is 0 Å². The lowest BCUT2D eigenvalue weighted by molar-refractivity contribution is 0.114. The predicted octanol–water partition coefficient (Wildman–Crippen LogP) is 4.81. The summed E-state index contributed by atoms with van der Waals surface area (Å²) in [5, 5.41) is 0. The highest BCUT2D eigenvalue weighted by molar-refractivity contribution is 9.09. The van der Waals surface area contributed by atoms with E-state index in [-0.39, 0.29) is 5.56 Å². The molecule has 1 nitrogen and oxygen atoms in total. The van der Waals surface area contributed by atoms with Crippen LogP contribution in [0.15, 0.2) is 48.5 Å². The van der Waals surface area contributed by atoms with E-state index in [1.54, 1.807) is 19.2 Å². The first kappa shape index (κ1) is 13.0. The van der Waals surface area contributed by atoms with Gasteiger partial charge in [-0.2, -0.15) is 8.78 Å². The van der Waals surface area contributed by atoms with Crippen molar-refractivity contribution in [1.29, 1.82) is 0 Å². The molecule has 0 N–H and O–H groups in total. The zero-order valence-corrected chi connectivity index (χ0v) is 11.2. The summed E-state index contributed by atoms with van der Waals surface area (Å²) in [5.41, 5.74) is 1.74. The van der Waals surface area contributed by atoms with Gasteiger partial charge in [0.25, 0.3) is 0 Å². The summed E-state index contributed by atoms with van der Waals surface area (Å²) < 4.78 is 31.1. The molecule has 2 aromatic carbocycles. The Bertz CT molecular complexity index is 532. The maximum Gasteiger partial charge on any atom is 0.326 e. The van der Waals surface area contributed by atoms with Crippen LogP contribution >= 0.6 is 15.9 Å². The van der Waals surface area contributed by atoms with Crippen LogP contribution in [0.5, 0.6) is 5.75 Å². The predicted molar refractivity (Wildman–Crippen MR) is 71.3 cm³/mol. The summed E-state index contributed by atoms with van der Waals surface area (Å²) in [7, 11) is 1.59. The molecule has 0 amide bonds. The fourth-order valence-corrected chi connectivity index (χ4v) is 1.92. The lowest BCUT2D eigenvalue weighted by atomic mass is 10.0. The van der Waals surface area contributed by atoms with E-state index < -0.39 is 4.83 Å². The Morgan fingerprint density at radius 3 is 2.22 bits per heavy atom. The van der Waals surface area contributed by atoms with E-state index in [9.17, 15) is 8.78 Å². The molecule has 0 spiro atoms. The third kappa shape index (κ3) is 2.88. The third-order valence-corrected chi connectivity index (χ3v) is 3.07. The van der Waals surface area contributed by atoms with Crippen molar-refractivity contribution in [2.75, 3.05) is 7.11 Å². The van der Waals surface area contributed by atoms with E-state index in [2.05, 4.69) is 15.9 Å². The highest BCUT2D eigenvalue weighted by Gasteiger charge is 2.26. The van der Waals surface area contributed by atoms with Crippen LogP contribution in [0.1, 0.15) is 5.56 Å². The Kier molecular flexibility index (Phi) is 3.66. The minimum Gasteiger partial charge on any atom is -0.497 e. The van der Waals surface area contributed by atoms with E-state index in [0.29, 0.717) is 0 Å². The second kappa shape index (κ2) is 5.06. The van der Waals surface area contributed by atoms with Gasteiger partial charge in [-0.3, -0.25) is 0 Å². The molecule has 2 rings (SSSR count). The molecule has 4 heteroatoms. The van der Waals surface area contributed by atoms with E-state index >= 15 is 0 Å². The van der Waals surface area contributed by atoms with Crippen LogP contribution in [-0.2, 0) is 4.83 Å². The largest absolute Gasteiger partial charge is 0.497 e. The van der Waals surface area contributed by atoms with Gasteiger partial charge in [0.1, 0.15) is 5.75 Å². The average Bonchev–Trinajstić information content (AvgIpc) is 2.38. The molecule has 0 atom stereocenters. The Morgan fingerprint density at radius 1 is 1.00 bits per heavy atom. The quantitative estimate of drug-likeness (QED) is 0.739. The van der Waals surface area contributed by atoms with Crippen molar-refractivity contribution >= 4 is 15.9 Å². The smallest absolute Gasteiger partial charge is 0.326 e. The molecule has 0 saturated heterocycles. The molecular formula is C14H11BrF2O. The molecule has 0 unspecified atom stereocenters. The first-order valence-corrected chi connectivity index (χ1v) is 6.12. The van der Waals surface area contributed by atoms with Gasteiger partial charge in [-0.05, 0) is 39.2 Å². The van der Waals surface area contributed by atoms with Crippen LogP contribution in [0.3, 0.4) is 0 Å². The number of rotatable bonds is 3. The van der Waals surface area contributed by atoms with Crippen molar-refractivity contribution in [2.24, 2.45) is 0 Å². The maximum atomic E-state index is 13.0.